The zero-order chi connectivity index (χ0) is 16.4. The molecule has 1 aliphatic heterocycles. The fourth-order valence-corrected chi connectivity index (χ4v) is 3.64. The van der Waals surface area contributed by atoms with Gasteiger partial charge in [0, 0.05) is 18.3 Å². The number of aromatic nitrogens is 1. The molecule has 0 bridgehead atoms. The number of carbonyl (C=O) groups is 2. The molecule has 0 fully saturated rings. The quantitative estimate of drug-likeness (QED) is 0.566. The van der Waals surface area contributed by atoms with Gasteiger partial charge in [0.2, 0.25) is 0 Å². The van der Waals surface area contributed by atoms with E-state index < -0.39 is 5.91 Å². The number of carbonyl (C=O) groups excluding carboxylic acids is 2. The van der Waals surface area contributed by atoms with Gasteiger partial charge in [0.1, 0.15) is 10.8 Å². The Morgan fingerprint density at radius 1 is 1.45 bits per heavy atom. The van der Waals surface area contributed by atoms with Crippen molar-refractivity contribution in [1.29, 1.82) is 0 Å². The van der Waals surface area contributed by atoms with E-state index in [0.29, 0.717) is 27.2 Å². The van der Waals surface area contributed by atoms with Crippen molar-refractivity contribution in [1.82, 2.24) is 15.4 Å². The van der Waals surface area contributed by atoms with Crippen molar-refractivity contribution >= 4 is 46.8 Å². The average Bonchev–Trinajstić information content (AvgIpc) is 3.08. The molecular weight excluding hydrogens is 349 g/mol. The number of hydroxylamine groups is 1. The Kier molecular flexibility index (Phi) is 5.44. The first-order chi connectivity index (χ1) is 10.3. The largest absolute Gasteiger partial charge is 0.347 e. The van der Waals surface area contributed by atoms with Crippen molar-refractivity contribution in [2.24, 2.45) is 7.05 Å². The van der Waals surface area contributed by atoms with Crippen LogP contribution in [0.4, 0.5) is 0 Å². The van der Waals surface area contributed by atoms with Crippen molar-refractivity contribution < 1.29 is 14.8 Å². The molecule has 0 aliphatic carbocycles. The van der Waals surface area contributed by atoms with Crippen LogP contribution >= 0.6 is 35.0 Å². The summed E-state index contributed by atoms with van der Waals surface area (Å²) in [4.78, 5) is 24.1. The third kappa shape index (κ3) is 3.43. The molecule has 2 rings (SSSR count). The smallest absolute Gasteiger partial charge is 0.280 e. The van der Waals surface area contributed by atoms with Crippen LogP contribution in [0, 0.1) is 0 Å². The van der Waals surface area contributed by atoms with Gasteiger partial charge in [0.15, 0.2) is 0 Å². The van der Waals surface area contributed by atoms with Gasteiger partial charge in [-0.3, -0.25) is 14.8 Å². The minimum atomic E-state index is -0.535. The van der Waals surface area contributed by atoms with Crippen LogP contribution in [0.2, 0.25) is 10.2 Å². The van der Waals surface area contributed by atoms with E-state index >= 15 is 0 Å². The number of nitrogens with zero attached hydrogens (tertiary/aromatic N) is 1. The van der Waals surface area contributed by atoms with Gasteiger partial charge >= 0.3 is 0 Å². The highest BCUT2D eigenvalue weighted by atomic mass is 35.5. The zero-order valence-electron chi connectivity index (χ0n) is 11.9. The van der Waals surface area contributed by atoms with Crippen LogP contribution in [-0.4, -0.2) is 32.9 Å². The van der Waals surface area contributed by atoms with Crippen molar-refractivity contribution in [2.45, 2.75) is 24.6 Å². The van der Waals surface area contributed by atoms with E-state index in [2.05, 4.69) is 5.32 Å². The van der Waals surface area contributed by atoms with E-state index in [0.717, 1.165) is 0 Å². The van der Waals surface area contributed by atoms with Gasteiger partial charge in [-0.05, 0) is 19.4 Å². The maximum atomic E-state index is 12.3. The highest BCUT2D eigenvalue weighted by Gasteiger charge is 2.28. The lowest BCUT2D eigenvalue weighted by atomic mass is 10.1. The van der Waals surface area contributed by atoms with Gasteiger partial charge in [-0.2, -0.15) is 0 Å². The summed E-state index contributed by atoms with van der Waals surface area (Å²) in [5, 5.41) is 12.1. The molecular formula is C13H15Cl2N3O3S. The molecule has 22 heavy (non-hydrogen) atoms. The van der Waals surface area contributed by atoms with Crippen molar-refractivity contribution in [3.63, 3.8) is 0 Å². The Morgan fingerprint density at radius 3 is 2.68 bits per heavy atom. The molecule has 9 heteroatoms. The summed E-state index contributed by atoms with van der Waals surface area (Å²) in [6, 6.07) is 1.33. The van der Waals surface area contributed by atoms with Gasteiger partial charge in [0.25, 0.3) is 11.8 Å². The molecule has 120 valence electrons. The first kappa shape index (κ1) is 17.2. The monoisotopic (exact) mass is 363 g/mol. The third-order valence-corrected chi connectivity index (χ3v) is 5.76. The maximum Gasteiger partial charge on any atom is 0.280 e. The summed E-state index contributed by atoms with van der Waals surface area (Å²) in [6.45, 7) is 1.86. The Morgan fingerprint density at radius 2 is 2.14 bits per heavy atom. The van der Waals surface area contributed by atoms with Gasteiger partial charge < -0.3 is 9.88 Å². The van der Waals surface area contributed by atoms with E-state index in [1.54, 1.807) is 18.6 Å². The summed E-state index contributed by atoms with van der Waals surface area (Å²) in [6.07, 6.45) is 2.36. The molecule has 1 aromatic heterocycles. The lowest BCUT2D eigenvalue weighted by Crippen LogP contribution is -2.39. The first-order valence-electron chi connectivity index (χ1n) is 6.48. The molecule has 1 unspecified atom stereocenters. The first-order valence-corrected chi connectivity index (χ1v) is 8.11. The molecule has 1 aromatic rings. The minimum absolute atomic E-state index is 0.0162. The number of rotatable bonds is 4. The summed E-state index contributed by atoms with van der Waals surface area (Å²) in [5.41, 5.74) is 1.97. The van der Waals surface area contributed by atoms with Gasteiger partial charge in [-0.25, -0.2) is 5.48 Å². The van der Waals surface area contributed by atoms with Crippen molar-refractivity contribution in [3.05, 3.63) is 32.9 Å². The number of thioether (sulfide) groups is 1. The molecule has 0 saturated heterocycles. The Hall–Kier alpha value is -1.15. The van der Waals surface area contributed by atoms with Crippen LogP contribution in [-0.2, 0) is 11.8 Å². The molecule has 1 aliphatic rings. The van der Waals surface area contributed by atoms with Gasteiger partial charge in [-0.15, -0.1) is 11.8 Å². The molecule has 2 amide bonds. The molecule has 3 N–H and O–H groups in total. The second kappa shape index (κ2) is 6.95. The van der Waals surface area contributed by atoms with Crippen LogP contribution in [0.5, 0.6) is 0 Å². The molecule has 0 spiro atoms. The third-order valence-electron chi connectivity index (χ3n) is 3.40. The SMILES string of the molecule is C[C@@H](NC(=O)c1cc(Cl)c(Cl)n1C)C1CC=C(C(=O)NO)S1. The molecule has 0 saturated carbocycles. The Labute approximate surface area is 141 Å². The van der Waals surface area contributed by atoms with Crippen LogP contribution in [0.15, 0.2) is 17.0 Å². The van der Waals surface area contributed by atoms with E-state index in [1.807, 2.05) is 6.92 Å². The lowest BCUT2D eigenvalue weighted by molar-refractivity contribution is -0.124. The molecule has 6 nitrogen and oxygen atoms in total. The van der Waals surface area contributed by atoms with Crippen LogP contribution in [0.25, 0.3) is 0 Å². The number of allylic oxidation sites excluding steroid dienone is 1. The Balaban J connectivity index is 1.98. The minimum Gasteiger partial charge on any atom is -0.347 e. The van der Waals surface area contributed by atoms with Gasteiger partial charge in [-0.1, -0.05) is 29.3 Å². The van der Waals surface area contributed by atoms with Gasteiger partial charge in [0.05, 0.1) is 9.93 Å². The van der Waals surface area contributed by atoms with E-state index in [1.165, 1.54) is 22.4 Å². The zero-order valence-corrected chi connectivity index (χ0v) is 14.2. The average molecular weight is 364 g/mol. The normalized spacial score (nSPS) is 18.8. The number of hydrogen-bond donors (Lipinski definition) is 3. The standard InChI is InChI=1S/C13H15Cl2N3O3S/c1-6(9-3-4-10(22-9)13(20)17-21)16-12(19)8-5-7(14)11(15)18(8)2/h4-6,9,21H,3H2,1-2H3,(H,16,19)(H,17,20)/t6-,9?/m1/s1. The van der Waals surface area contributed by atoms with E-state index in [-0.39, 0.29) is 17.2 Å². The fourth-order valence-electron chi connectivity index (χ4n) is 2.12. The van der Waals surface area contributed by atoms with E-state index in [9.17, 15) is 9.59 Å². The van der Waals surface area contributed by atoms with Crippen LogP contribution < -0.4 is 10.8 Å². The highest BCUT2D eigenvalue weighted by Crippen LogP contribution is 2.34. The summed E-state index contributed by atoms with van der Waals surface area (Å²) in [7, 11) is 1.66. The molecule has 2 heterocycles. The highest BCUT2D eigenvalue weighted by molar-refractivity contribution is 8.04. The van der Waals surface area contributed by atoms with Crippen molar-refractivity contribution in [3.8, 4) is 0 Å². The molecule has 0 radical (unpaired) electrons. The maximum absolute atomic E-state index is 12.3. The number of hydrogen-bond acceptors (Lipinski definition) is 4. The van der Waals surface area contributed by atoms with Crippen LogP contribution in [0.1, 0.15) is 23.8 Å². The number of halogens is 2. The number of amides is 2. The summed E-state index contributed by atoms with van der Waals surface area (Å²) in [5.74, 6) is -0.823. The predicted molar refractivity (Wildman–Crippen MR) is 86.4 cm³/mol. The van der Waals surface area contributed by atoms with Crippen LogP contribution in [0.3, 0.4) is 0 Å². The predicted octanol–water partition coefficient (Wildman–Crippen LogP) is 2.34. The topological polar surface area (TPSA) is 83.4 Å². The molecule has 2 atom stereocenters. The second-order valence-electron chi connectivity index (χ2n) is 4.89. The number of nitrogens with one attached hydrogen (secondary N) is 2. The molecule has 0 aromatic carbocycles. The summed E-state index contributed by atoms with van der Waals surface area (Å²) >= 11 is 13.2. The Bertz CT molecular complexity index is 645. The fraction of sp³-hybridized carbons (Fsp3) is 0.385. The second-order valence-corrected chi connectivity index (χ2v) is 6.94. The van der Waals surface area contributed by atoms with Crippen molar-refractivity contribution in [2.75, 3.05) is 0 Å². The summed E-state index contributed by atoms with van der Waals surface area (Å²) < 4.78 is 1.51. The lowest BCUT2D eigenvalue weighted by Gasteiger charge is -2.20. The van der Waals surface area contributed by atoms with E-state index in [4.69, 9.17) is 28.4 Å².